The van der Waals surface area contributed by atoms with Gasteiger partial charge in [0.05, 0.1) is 12.2 Å². The zero-order valence-corrected chi connectivity index (χ0v) is 13.4. The number of hydrogen-bond acceptors (Lipinski definition) is 3. The highest BCUT2D eigenvalue weighted by atomic mass is 32.2. The van der Waals surface area contributed by atoms with Gasteiger partial charge in [0.25, 0.3) is 10.1 Å². The first-order chi connectivity index (χ1) is 10.9. The Balaban J connectivity index is 1.99. The number of rotatable bonds is 7. The van der Waals surface area contributed by atoms with Crippen molar-refractivity contribution in [2.24, 2.45) is 0 Å². The van der Waals surface area contributed by atoms with Crippen LogP contribution < -0.4 is 5.32 Å². The van der Waals surface area contributed by atoms with Crippen LogP contribution in [-0.2, 0) is 21.3 Å². The summed E-state index contributed by atoms with van der Waals surface area (Å²) in [6.45, 7) is 0.148. The van der Waals surface area contributed by atoms with Gasteiger partial charge >= 0.3 is 0 Å². The van der Waals surface area contributed by atoms with Crippen LogP contribution in [-0.4, -0.2) is 31.2 Å². The van der Waals surface area contributed by atoms with Crippen LogP contribution >= 0.6 is 0 Å². The molecule has 0 bridgehead atoms. The molecule has 2 aromatic rings. The van der Waals surface area contributed by atoms with E-state index in [1.807, 2.05) is 36.4 Å². The normalized spacial score (nSPS) is 12.6. The number of benzene rings is 2. The fraction of sp³-hybridized carbons (Fsp3) is 0.235. The Labute approximate surface area is 136 Å². The van der Waals surface area contributed by atoms with Crippen molar-refractivity contribution in [3.63, 3.8) is 0 Å². The summed E-state index contributed by atoms with van der Waals surface area (Å²) in [6, 6.07) is 18.2. The number of amides is 1. The first kappa shape index (κ1) is 17.2. The van der Waals surface area contributed by atoms with Gasteiger partial charge in [0.2, 0.25) is 5.91 Å². The van der Waals surface area contributed by atoms with E-state index in [1.165, 1.54) is 0 Å². The van der Waals surface area contributed by atoms with E-state index in [0.717, 1.165) is 11.1 Å². The zero-order chi connectivity index (χ0) is 16.7. The minimum absolute atomic E-state index is 0.148. The van der Waals surface area contributed by atoms with Gasteiger partial charge < -0.3 is 5.32 Å². The monoisotopic (exact) mass is 333 g/mol. The van der Waals surface area contributed by atoms with E-state index in [-0.39, 0.29) is 18.9 Å². The molecular weight excluding hydrogens is 314 g/mol. The Hall–Kier alpha value is -2.18. The third-order valence-electron chi connectivity index (χ3n) is 3.44. The summed E-state index contributed by atoms with van der Waals surface area (Å²) in [4.78, 5) is 12.0. The van der Waals surface area contributed by atoms with E-state index in [1.54, 1.807) is 24.3 Å². The molecule has 6 heteroatoms. The van der Waals surface area contributed by atoms with Crippen LogP contribution in [0.2, 0.25) is 0 Å². The second-order valence-electron chi connectivity index (χ2n) is 5.32. The molecule has 1 unspecified atom stereocenters. The van der Waals surface area contributed by atoms with Gasteiger partial charge in [0, 0.05) is 12.5 Å². The Kier molecular flexibility index (Phi) is 5.90. The molecule has 0 spiro atoms. The molecule has 0 heterocycles. The molecule has 0 saturated carbocycles. The van der Waals surface area contributed by atoms with Crippen molar-refractivity contribution >= 4 is 16.0 Å². The van der Waals surface area contributed by atoms with E-state index in [2.05, 4.69) is 5.32 Å². The molecule has 1 atom stereocenters. The first-order valence-corrected chi connectivity index (χ1v) is 8.86. The maximum absolute atomic E-state index is 12.0. The average molecular weight is 333 g/mol. The highest BCUT2D eigenvalue weighted by Crippen LogP contribution is 2.16. The summed E-state index contributed by atoms with van der Waals surface area (Å²) in [5.41, 5.74) is 1.64. The molecular formula is C17H19NO4S. The van der Waals surface area contributed by atoms with Crippen molar-refractivity contribution < 1.29 is 17.8 Å². The predicted molar refractivity (Wildman–Crippen MR) is 88.8 cm³/mol. The van der Waals surface area contributed by atoms with Crippen molar-refractivity contribution in [1.82, 2.24) is 5.32 Å². The van der Waals surface area contributed by atoms with Crippen LogP contribution in [0.1, 0.15) is 17.0 Å². The van der Waals surface area contributed by atoms with Crippen LogP contribution in [0.4, 0.5) is 0 Å². The average Bonchev–Trinajstić information content (AvgIpc) is 2.52. The van der Waals surface area contributed by atoms with Crippen LogP contribution in [0.25, 0.3) is 0 Å². The fourth-order valence-corrected chi connectivity index (χ4v) is 3.15. The topological polar surface area (TPSA) is 83.5 Å². The fourth-order valence-electron chi connectivity index (χ4n) is 2.33. The van der Waals surface area contributed by atoms with E-state index in [9.17, 15) is 13.2 Å². The van der Waals surface area contributed by atoms with Crippen LogP contribution in [0.5, 0.6) is 0 Å². The first-order valence-electron chi connectivity index (χ1n) is 7.25. The highest BCUT2D eigenvalue weighted by Gasteiger charge is 2.19. The predicted octanol–water partition coefficient (Wildman–Crippen LogP) is 2.02. The largest absolute Gasteiger partial charge is 0.355 e. The second kappa shape index (κ2) is 7.89. The molecule has 0 aliphatic heterocycles. The number of nitrogens with one attached hydrogen (secondary N) is 1. The molecule has 0 aromatic heterocycles. The summed E-state index contributed by atoms with van der Waals surface area (Å²) in [5.74, 6) is -1.11. The Morgan fingerprint density at radius 3 is 2.13 bits per heavy atom. The van der Waals surface area contributed by atoms with Gasteiger partial charge in [-0.3, -0.25) is 9.35 Å². The molecule has 23 heavy (non-hydrogen) atoms. The molecule has 122 valence electrons. The Bertz CT molecular complexity index is 730. The van der Waals surface area contributed by atoms with Gasteiger partial charge in [-0.15, -0.1) is 0 Å². The summed E-state index contributed by atoms with van der Waals surface area (Å²) in [7, 11) is -4.13. The molecule has 0 saturated heterocycles. The molecule has 2 aromatic carbocycles. The van der Waals surface area contributed by atoms with Crippen LogP contribution in [0.3, 0.4) is 0 Å². The van der Waals surface area contributed by atoms with Gasteiger partial charge in [0.1, 0.15) is 0 Å². The van der Waals surface area contributed by atoms with E-state index >= 15 is 0 Å². The van der Waals surface area contributed by atoms with E-state index in [0.29, 0.717) is 0 Å². The molecule has 5 nitrogen and oxygen atoms in total. The molecule has 2 rings (SSSR count). The maximum atomic E-state index is 12.0. The zero-order valence-electron chi connectivity index (χ0n) is 12.6. The van der Waals surface area contributed by atoms with E-state index in [4.69, 9.17) is 4.55 Å². The number of carbonyl (C=O) groups is 1. The van der Waals surface area contributed by atoms with Gasteiger partial charge in [-0.05, 0) is 11.1 Å². The number of hydrogen-bond donors (Lipinski definition) is 2. The van der Waals surface area contributed by atoms with Crippen LogP contribution in [0.15, 0.2) is 60.7 Å². The van der Waals surface area contributed by atoms with E-state index < -0.39 is 21.8 Å². The summed E-state index contributed by atoms with van der Waals surface area (Å²) >= 11 is 0. The minimum atomic E-state index is -4.13. The Morgan fingerprint density at radius 2 is 1.57 bits per heavy atom. The van der Waals surface area contributed by atoms with Gasteiger partial charge in [0.15, 0.2) is 0 Å². The molecule has 0 aliphatic carbocycles. The SMILES string of the molecule is O=C(Cc1ccccc1)NCC(CS(=O)(=O)O)c1ccccc1. The number of carbonyl (C=O) groups excluding carboxylic acids is 1. The minimum Gasteiger partial charge on any atom is -0.355 e. The van der Waals surface area contributed by atoms with Crippen molar-refractivity contribution in [3.05, 3.63) is 71.8 Å². The quantitative estimate of drug-likeness (QED) is 0.759. The van der Waals surface area contributed by atoms with Gasteiger partial charge in [-0.1, -0.05) is 60.7 Å². The Morgan fingerprint density at radius 1 is 1.00 bits per heavy atom. The second-order valence-corrected chi connectivity index (χ2v) is 6.82. The molecule has 2 N–H and O–H groups in total. The lowest BCUT2D eigenvalue weighted by Crippen LogP contribution is -2.32. The van der Waals surface area contributed by atoms with Crippen molar-refractivity contribution in [2.75, 3.05) is 12.3 Å². The lowest BCUT2D eigenvalue weighted by molar-refractivity contribution is -0.120. The van der Waals surface area contributed by atoms with Crippen molar-refractivity contribution in [2.45, 2.75) is 12.3 Å². The van der Waals surface area contributed by atoms with Gasteiger partial charge in [-0.25, -0.2) is 0 Å². The lowest BCUT2D eigenvalue weighted by atomic mass is 10.0. The summed E-state index contributed by atoms with van der Waals surface area (Å²) in [5, 5.41) is 2.74. The molecule has 0 aliphatic rings. The highest BCUT2D eigenvalue weighted by molar-refractivity contribution is 7.85. The molecule has 1 amide bonds. The van der Waals surface area contributed by atoms with Crippen LogP contribution in [0, 0.1) is 0 Å². The molecule has 0 radical (unpaired) electrons. The third kappa shape index (κ3) is 6.22. The van der Waals surface area contributed by atoms with Gasteiger partial charge in [-0.2, -0.15) is 8.42 Å². The third-order valence-corrected chi connectivity index (χ3v) is 4.26. The summed E-state index contributed by atoms with van der Waals surface area (Å²) < 4.78 is 31.5. The molecule has 0 fully saturated rings. The standard InChI is InChI=1S/C17H19NO4S/c19-17(11-14-7-3-1-4-8-14)18-12-16(13-23(20,21)22)15-9-5-2-6-10-15/h1-10,16H,11-13H2,(H,18,19)(H,20,21,22). The smallest absolute Gasteiger partial charge is 0.265 e. The van der Waals surface area contributed by atoms with Crippen molar-refractivity contribution in [1.29, 1.82) is 0 Å². The van der Waals surface area contributed by atoms with Crippen molar-refractivity contribution in [3.8, 4) is 0 Å². The lowest BCUT2D eigenvalue weighted by Gasteiger charge is -2.16. The summed E-state index contributed by atoms with van der Waals surface area (Å²) in [6.07, 6.45) is 0.230. The maximum Gasteiger partial charge on any atom is 0.265 e.